The number of anilines is 1. The lowest BCUT2D eigenvalue weighted by molar-refractivity contribution is -0.117. The molecule has 4 nitrogen and oxygen atoms in total. The summed E-state index contributed by atoms with van der Waals surface area (Å²) in [5, 5.41) is 6.73. The predicted molar refractivity (Wildman–Crippen MR) is 76.4 cm³/mol. The van der Waals surface area contributed by atoms with Gasteiger partial charge in [-0.3, -0.25) is 10.1 Å². The van der Waals surface area contributed by atoms with Crippen molar-refractivity contribution >= 4 is 46.5 Å². The monoisotopic (exact) mass is 293 g/mol. The smallest absolute Gasteiger partial charge is 0.244 e. The van der Waals surface area contributed by atoms with Gasteiger partial charge in [-0.1, -0.05) is 6.92 Å². The molecule has 0 radical (unpaired) electrons. The molecule has 1 atom stereocenters. The second-order valence-electron chi connectivity index (χ2n) is 3.64. The topological polar surface area (TPSA) is 54.0 Å². The van der Waals surface area contributed by atoms with E-state index in [4.69, 9.17) is 0 Å². The van der Waals surface area contributed by atoms with Crippen molar-refractivity contribution in [2.75, 3.05) is 16.9 Å². The van der Waals surface area contributed by atoms with Gasteiger partial charge in [0.25, 0.3) is 0 Å². The SMILES string of the molecule is CCc1nc(NC(=O)C2CSCN2)sc1C.Cl. The van der Waals surface area contributed by atoms with Crippen LogP contribution in [0.15, 0.2) is 0 Å². The maximum Gasteiger partial charge on any atom is 0.244 e. The van der Waals surface area contributed by atoms with Crippen LogP contribution in [0.1, 0.15) is 17.5 Å². The Bertz CT molecular complexity index is 391. The Kier molecular flexibility index (Phi) is 5.72. The molecule has 1 saturated heterocycles. The number of aromatic nitrogens is 1. The van der Waals surface area contributed by atoms with Crippen molar-refractivity contribution in [3.05, 3.63) is 10.6 Å². The maximum absolute atomic E-state index is 11.8. The van der Waals surface area contributed by atoms with Crippen molar-refractivity contribution in [1.29, 1.82) is 0 Å². The first-order valence-corrected chi connectivity index (χ1v) is 7.26. The highest BCUT2D eigenvalue weighted by atomic mass is 35.5. The number of hydrogen-bond donors (Lipinski definition) is 2. The van der Waals surface area contributed by atoms with Gasteiger partial charge in [0.05, 0.1) is 11.7 Å². The summed E-state index contributed by atoms with van der Waals surface area (Å²) in [6.45, 7) is 4.11. The molecule has 1 aliphatic rings. The van der Waals surface area contributed by atoms with E-state index in [0.29, 0.717) is 0 Å². The molecule has 0 aromatic carbocycles. The molecule has 0 saturated carbocycles. The lowest BCUT2D eigenvalue weighted by Gasteiger charge is -2.07. The van der Waals surface area contributed by atoms with Gasteiger partial charge >= 0.3 is 0 Å². The number of thiazole rings is 1. The van der Waals surface area contributed by atoms with Gasteiger partial charge in [-0.05, 0) is 13.3 Å². The first-order chi connectivity index (χ1) is 7.70. The van der Waals surface area contributed by atoms with E-state index in [0.717, 1.165) is 28.9 Å². The van der Waals surface area contributed by atoms with Crippen LogP contribution < -0.4 is 10.6 Å². The molecule has 1 aromatic rings. The normalized spacial score (nSPS) is 18.8. The number of nitrogens with one attached hydrogen (secondary N) is 2. The summed E-state index contributed by atoms with van der Waals surface area (Å²) in [6.07, 6.45) is 0.912. The summed E-state index contributed by atoms with van der Waals surface area (Å²) in [5.74, 6) is 1.73. The van der Waals surface area contributed by atoms with Gasteiger partial charge in [-0.2, -0.15) is 0 Å². The van der Waals surface area contributed by atoms with E-state index in [1.807, 2.05) is 6.92 Å². The third kappa shape index (κ3) is 3.58. The summed E-state index contributed by atoms with van der Waals surface area (Å²) in [5.41, 5.74) is 1.08. The third-order valence-electron chi connectivity index (χ3n) is 2.49. The average Bonchev–Trinajstić information content (AvgIpc) is 2.87. The number of carbonyl (C=O) groups excluding carboxylic acids is 1. The second kappa shape index (κ2) is 6.58. The molecule has 2 heterocycles. The van der Waals surface area contributed by atoms with Gasteiger partial charge in [0.1, 0.15) is 0 Å². The molecule has 1 amide bonds. The molecule has 1 fully saturated rings. The van der Waals surface area contributed by atoms with Crippen molar-refractivity contribution in [3.63, 3.8) is 0 Å². The van der Waals surface area contributed by atoms with Gasteiger partial charge in [0, 0.05) is 16.5 Å². The fourth-order valence-electron chi connectivity index (χ4n) is 1.57. The second-order valence-corrected chi connectivity index (χ2v) is 5.87. The van der Waals surface area contributed by atoms with Crippen LogP contribution in [0.5, 0.6) is 0 Å². The van der Waals surface area contributed by atoms with Crippen LogP contribution in [0.4, 0.5) is 5.13 Å². The summed E-state index contributed by atoms with van der Waals surface area (Å²) < 4.78 is 0. The van der Waals surface area contributed by atoms with Crippen LogP contribution in [0.25, 0.3) is 0 Å². The average molecular weight is 294 g/mol. The molecule has 0 aliphatic carbocycles. The highest BCUT2D eigenvalue weighted by Gasteiger charge is 2.23. The summed E-state index contributed by atoms with van der Waals surface area (Å²) in [4.78, 5) is 17.4. The standard InChI is InChI=1S/C10H15N3OS2.ClH/c1-3-7-6(2)16-10(12-7)13-9(14)8-4-15-5-11-8;/h8,11H,3-5H2,1-2H3,(H,12,13,14);1H. The van der Waals surface area contributed by atoms with E-state index in [9.17, 15) is 4.79 Å². The minimum absolute atomic E-state index is 0. The first kappa shape index (κ1) is 14.8. The molecular formula is C10H16ClN3OS2. The Balaban J connectivity index is 0.00000144. The van der Waals surface area contributed by atoms with Crippen molar-refractivity contribution in [2.45, 2.75) is 26.3 Å². The van der Waals surface area contributed by atoms with E-state index in [1.54, 1.807) is 23.1 Å². The number of carbonyl (C=O) groups is 1. The number of nitrogens with zero attached hydrogens (tertiary/aromatic N) is 1. The van der Waals surface area contributed by atoms with Crippen LogP contribution in [-0.2, 0) is 11.2 Å². The number of halogens is 1. The van der Waals surface area contributed by atoms with Crippen molar-refractivity contribution < 1.29 is 4.79 Å². The Morgan fingerprint density at radius 3 is 2.94 bits per heavy atom. The molecule has 0 spiro atoms. The van der Waals surface area contributed by atoms with E-state index >= 15 is 0 Å². The zero-order chi connectivity index (χ0) is 11.5. The van der Waals surface area contributed by atoms with Gasteiger partial charge in [-0.15, -0.1) is 35.5 Å². The van der Waals surface area contributed by atoms with E-state index in [1.165, 1.54) is 4.88 Å². The Labute approximate surface area is 115 Å². The largest absolute Gasteiger partial charge is 0.301 e. The van der Waals surface area contributed by atoms with Crippen LogP contribution >= 0.6 is 35.5 Å². The molecule has 1 aromatic heterocycles. The summed E-state index contributed by atoms with van der Waals surface area (Å²) >= 11 is 3.29. The molecule has 7 heteroatoms. The number of aryl methyl sites for hydroxylation is 2. The number of hydrogen-bond acceptors (Lipinski definition) is 5. The third-order valence-corrected chi connectivity index (χ3v) is 4.36. The van der Waals surface area contributed by atoms with E-state index in [2.05, 4.69) is 22.5 Å². The number of amides is 1. The zero-order valence-corrected chi connectivity index (χ0v) is 12.2. The van der Waals surface area contributed by atoms with Gasteiger partial charge < -0.3 is 5.32 Å². The van der Waals surface area contributed by atoms with E-state index < -0.39 is 0 Å². The van der Waals surface area contributed by atoms with Crippen LogP contribution in [0, 0.1) is 6.92 Å². The summed E-state index contributed by atoms with van der Waals surface area (Å²) in [6, 6.07) is -0.0701. The molecular weight excluding hydrogens is 278 g/mol. The van der Waals surface area contributed by atoms with Gasteiger partial charge in [0.2, 0.25) is 5.91 Å². The number of rotatable bonds is 3. The van der Waals surface area contributed by atoms with Crippen molar-refractivity contribution in [2.24, 2.45) is 0 Å². The van der Waals surface area contributed by atoms with Crippen LogP contribution in [0.3, 0.4) is 0 Å². The lowest BCUT2D eigenvalue weighted by atomic mass is 10.3. The lowest BCUT2D eigenvalue weighted by Crippen LogP contribution is -2.37. The molecule has 96 valence electrons. The molecule has 1 aliphatic heterocycles. The van der Waals surface area contributed by atoms with Crippen LogP contribution in [0.2, 0.25) is 0 Å². The van der Waals surface area contributed by atoms with Crippen molar-refractivity contribution in [1.82, 2.24) is 10.3 Å². The Morgan fingerprint density at radius 1 is 1.65 bits per heavy atom. The van der Waals surface area contributed by atoms with Crippen LogP contribution in [-0.4, -0.2) is 28.6 Å². The molecule has 1 unspecified atom stereocenters. The summed E-state index contributed by atoms with van der Waals surface area (Å²) in [7, 11) is 0. The van der Waals surface area contributed by atoms with E-state index in [-0.39, 0.29) is 24.4 Å². The Morgan fingerprint density at radius 2 is 2.41 bits per heavy atom. The zero-order valence-electron chi connectivity index (χ0n) is 9.78. The molecule has 2 N–H and O–H groups in total. The molecule has 17 heavy (non-hydrogen) atoms. The fourth-order valence-corrected chi connectivity index (χ4v) is 3.41. The fraction of sp³-hybridized carbons (Fsp3) is 0.600. The molecule has 0 bridgehead atoms. The Hall–Kier alpha value is -0.300. The predicted octanol–water partition coefficient (Wildman–Crippen LogP) is 2.04. The highest BCUT2D eigenvalue weighted by Crippen LogP contribution is 2.23. The number of thioether (sulfide) groups is 1. The minimum atomic E-state index is -0.0701. The van der Waals surface area contributed by atoms with Gasteiger partial charge in [0.15, 0.2) is 5.13 Å². The minimum Gasteiger partial charge on any atom is -0.301 e. The maximum atomic E-state index is 11.8. The highest BCUT2D eigenvalue weighted by molar-refractivity contribution is 7.99. The molecule has 2 rings (SSSR count). The van der Waals surface area contributed by atoms with Crippen molar-refractivity contribution in [3.8, 4) is 0 Å². The quantitative estimate of drug-likeness (QED) is 0.895. The first-order valence-electron chi connectivity index (χ1n) is 5.29. The van der Waals surface area contributed by atoms with Gasteiger partial charge in [-0.25, -0.2) is 4.98 Å².